The Bertz CT molecular complexity index is 2350. The lowest BCUT2D eigenvalue weighted by molar-refractivity contribution is 0.603. The molecule has 7 aromatic rings. The molecule has 8 rings (SSSR count). The molecule has 0 spiro atoms. The maximum atomic E-state index is 6.76. The Morgan fingerprint density at radius 3 is 2.19 bits per heavy atom. The minimum atomic E-state index is 0.828. The highest BCUT2D eigenvalue weighted by Gasteiger charge is 2.26. The van der Waals surface area contributed by atoms with E-state index < -0.39 is 0 Å². The summed E-state index contributed by atoms with van der Waals surface area (Å²) in [6.07, 6.45) is 10.3. The Morgan fingerprint density at radius 1 is 0.646 bits per heavy atom. The molecule has 0 radical (unpaired) electrons. The fourth-order valence-electron chi connectivity index (χ4n) is 6.88. The molecule has 0 fully saturated rings. The normalized spacial score (nSPS) is 13.3. The van der Waals surface area contributed by atoms with Crippen LogP contribution in [0.25, 0.3) is 49.6 Å². The van der Waals surface area contributed by atoms with Gasteiger partial charge >= 0.3 is 0 Å². The number of furan rings is 1. The van der Waals surface area contributed by atoms with Crippen LogP contribution in [0.3, 0.4) is 0 Å². The largest absolute Gasteiger partial charge is 0.455 e. The van der Waals surface area contributed by atoms with Gasteiger partial charge in [-0.05, 0) is 59.2 Å². The Balaban J connectivity index is 1.37. The number of rotatable bonds is 8. The molecule has 2 heteroatoms. The van der Waals surface area contributed by atoms with Gasteiger partial charge in [0.2, 0.25) is 0 Å². The summed E-state index contributed by atoms with van der Waals surface area (Å²) in [6.45, 7) is 4.13. The minimum absolute atomic E-state index is 0.828. The predicted octanol–water partition coefficient (Wildman–Crippen LogP) is 12.9. The second-order valence-corrected chi connectivity index (χ2v) is 12.1. The van der Waals surface area contributed by atoms with Crippen LogP contribution in [0.1, 0.15) is 18.6 Å². The standard InChI is InChI=1S/C46H35NO/c1-2-16-42(45-32-37-30-29-35-21-9-10-25-40(35)46(37)48-45)41-26-12-14-28-44(41)47(38-23-15-22-36(31-38)33-17-5-3-6-18-33)43-27-13-11-24-39(43)34-19-7-4-8-20-34/h2-13,15-27,29-32H,1,14,28H2/b42-16-. The van der Waals surface area contributed by atoms with Crippen LogP contribution in [0.4, 0.5) is 11.4 Å². The van der Waals surface area contributed by atoms with Crippen LogP contribution < -0.4 is 4.90 Å². The second-order valence-electron chi connectivity index (χ2n) is 12.1. The van der Waals surface area contributed by atoms with Crippen LogP contribution in [0.2, 0.25) is 0 Å². The van der Waals surface area contributed by atoms with E-state index in [1.807, 2.05) is 6.08 Å². The van der Waals surface area contributed by atoms with Crippen LogP contribution in [0.15, 0.2) is 198 Å². The van der Waals surface area contributed by atoms with Gasteiger partial charge in [-0.15, -0.1) is 0 Å². The quantitative estimate of drug-likeness (QED) is 0.158. The smallest absolute Gasteiger partial charge is 0.142 e. The Labute approximate surface area is 281 Å². The molecule has 48 heavy (non-hydrogen) atoms. The number of hydrogen-bond donors (Lipinski definition) is 0. The molecule has 0 amide bonds. The van der Waals surface area contributed by atoms with Crippen molar-refractivity contribution in [1.29, 1.82) is 0 Å². The van der Waals surface area contributed by atoms with Crippen molar-refractivity contribution in [2.24, 2.45) is 0 Å². The number of hydrogen-bond acceptors (Lipinski definition) is 2. The van der Waals surface area contributed by atoms with E-state index in [4.69, 9.17) is 4.42 Å². The fourth-order valence-corrected chi connectivity index (χ4v) is 6.88. The molecule has 1 heterocycles. The Hall–Kier alpha value is -6.12. The molecule has 6 aromatic carbocycles. The Morgan fingerprint density at radius 2 is 1.35 bits per heavy atom. The van der Waals surface area contributed by atoms with Crippen LogP contribution in [0.5, 0.6) is 0 Å². The number of fused-ring (bicyclic) bond motifs is 3. The fraction of sp³-hybridized carbons (Fsp3) is 0.0435. The number of allylic oxidation sites excluding steroid dienone is 7. The number of nitrogens with zero attached hydrogens (tertiary/aromatic N) is 1. The summed E-state index contributed by atoms with van der Waals surface area (Å²) in [5.41, 5.74) is 11.2. The highest BCUT2D eigenvalue weighted by Crippen LogP contribution is 2.45. The summed E-state index contributed by atoms with van der Waals surface area (Å²) in [5.74, 6) is 0.828. The molecule has 1 aliphatic rings. The van der Waals surface area contributed by atoms with E-state index in [2.05, 4.69) is 181 Å². The van der Waals surface area contributed by atoms with Crippen LogP contribution >= 0.6 is 0 Å². The zero-order valence-electron chi connectivity index (χ0n) is 26.7. The molecule has 2 nitrogen and oxygen atoms in total. The van der Waals surface area contributed by atoms with Crippen molar-refractivity contribution in [3.05, 3.63) is 200 Å². The molecular formula is C46H35NO. The minimum Gasteiger partial charge on any atom is -0.455 e. The highest BCUT2D eigenvalue weighted by molar-refractivity contribution is 6.05. The van der Waals surface area contributed by atoms with Crippen LogP contribution in [-0.2, 0) is 0 Å². The molecule has 0 atom stereocenters. The molecule has 1 aliphatic carbocycles. The lowest BCUT2D eigenvalue weighted by Crippen LogP contribution is -2.20. The maximum Gasteiger partial charge on any atom is 0.142 e. The first-order chi connectivity index (χ1) is 23.8. The van der Waals surface area contributed by atoms with E-state index >= 15 is 0 Å². The molecule has 0 unspecified atom stereocenters. The lowest BCUT2D eigenvalue weighted by Gasteiger charge is -2.33. The Kier molecular flexibility index (Phi) is 7.90. The third-order valence-corrected chi connectivity index (χ3v) is 9.10. The first-order valence-corrected chi connectivity index (χ1v) is 16.5. The van der Waals surface area contributed by atoms with Crippen molar-refractivity contribution in [1.82, 2.24) is 0 Å². The van der Waals surface area contributed by atoms with Gasteiger partial charge in [-0.25, -0.2) is 0 Å². The summed E-state index contributed by atoms with van der Waals surface area (Å²) in [5, 5.41) is 3.37. The van der Waals surface area contributed by atoms with E-state index in [1.165, 1.54) is 33.3 Å². The number of anilines is 2. The summed E-state index contributed by atoms with van der Waals surface area (Å²) >= 11 is 0. The molecule has 0 saturated heterocycles. The topological polar surface area (TPSA) is 16.4 Å². The zero-order valence-corrected chi connectivity index (χ0v) is 26.7. The SMILES string of the molecule is C=C/C=C(/C1=C(N(c2cccc(-c3ccccc3)c2)c2ccccc2-c2ccccc2)CCC=C1)c1cc2ccc3ccccc3c2o1. The van der Waals surface area contributed by atoms with E-state index in [0.717, 1.165) is 57.5 Å². The van der Waals surface area contributed by atoms with E-state index in [0.29, 0.717) is 0 Å². The molecule has 230 valence electrons. The van der Waals surface area contributed by atoms with Crippen molar-refractivity contribution in [2.75, 3.05) is 4.90 Å². The summed E-state index contributed by atoms with van der Waals surface area (Å²) in [6, 6.07) is 53.8. The van der Waals surface area contributed by atoms with Crippen molar-refractivity contribution in [3.63, 3.8) is 0 Å². The van der Waals surface area contributed by atoms with E-state index in [9.17, 15) is 0 Å². The third-order valence-electron chi connectivity index (χ3n) is 9.10. The van der Waals surface area contributed by atoms with Crippen molar-refractivity contribution in [3.8, 4) is 22.3 Å². The van der Waals surface area contributed by atoms with Gasteiger partial charge < -0.3 is 9.32 Å². The van der Waals surface area contributed by atoms with E-state index in [-0.39, 0.29) is 0 Å². The van der Waals surface area contributed by atoms with Gasteiger partial charge in [-0.3, -0.25) is 0 Å². The predicted molar refractivity (Wildman–Crippen MR) is 203 cm³/mol. The van der Waals surface area contributed by atoms with Crippen LogP contribution in [0, 0.1) is 0 Å². The monoisotopic (exact) mass is 617 g/mol. The van der Waals surface area contributed by atoms with Crippen molar-refractivity contribution < 1.29 is 4.42 Å². The molecule has 0 bridgehead atoms. The third kappa shape index (κ3) is 5.48. The molecule has 1 aromatic heterocycles. The zero-order chi connectivity index (χ0) is 32.3. The van der Waals surface area contributed by atoms with E-state index in [1.54, 1.807) is 0 Å². The summed E-state index contributed by atoms with van der Waals surface area (Å²) in [4.78, 5) is 2.46. The van der Waals surface area contributed by atoms with Gasteiger partial charge in [0, 0.05) is 38.9 Å². The second kappa shape index (κ2) is 12.9. The van der Waals surface area contributed by atoms with Crippen LogP contribution in [-0.4, -0.2) is 0 Å². The summed E-state index contributed by atoms with van der Waals surface area (Å²) in [7, 11) is 0. The molecular weight excluding hydrogens is 583 g/mol. The van der Waals surface area contributed by atoms with Gasteiger partial charge in [-0.1, -0.05) is 158 Å². The molecule has 0 saturated carbocycles. The first-order valence-electron chi connectivity index (χ1n) is 16.5. The van der Waals surface area contributed by atoms with Gasteiger partial charge in [0.15, 0.2) is 0 Å². The first kappa shape index (κ1) is 29.3. The summed E-state index contributed by atoms with van der Waals surface area (Å²) < 4.78 is 6.76. The average Bonchev–Trinajstić information content (AvgIpc) is 3.60. The highest BCUT2D eigenvalue weighted by atomic mass is 16.3. The maximum absolute atomic E-state index is 6.76. The van der Waals surface area contributed by atoms with Gasteiger partial charge in [0.25, 0.3) is 0 Å². The van der Waals surface area contributed by atoms with Gasteiger partial charge in [-0.2, -0.15) is 0 Å². The van der Waals surface area contributed by atoms with Gasteiger partial charge in [0.1, 0.15) is 11.3 Å². The van der Waals surface area contributed by atoms with Crippen molar-refractivity contribution in [2.45, 2.75) is 12.8 Å². The molecule has 0 aliphatic heterocycles. The average molecular weight is 618 g/mol. The number of para-hydroxylation sites is 1. The molecule has 0 N–H and O–H groups in total. The number of benzene rings is 6. The van der Waals surface area contributed by atoms with Crippen molar-refractivity contribution >= 4 is 38.7 Å². The van der Waals surface area contributed by atoms with Gasteiger partial charge in [0.05, 0.1) is 5.69 Å². The lowest BCUT2D eigenvalue weighted by atomic mass is 9.92.